The Labute approximate surface area is 315 Å². The van der Waals surface area contributed by atoms with Crippen LogP contribution in [0.15, 0.2) is 0 Å². The zero-order valence-corrected chi connectivity index (χ0v) is 34.4. The number of unbranched alkanes of at least 4 members (excludes halogenated alkanes) is 31. The van der Waals surface area contributed by atoms with E-state index in [1.807, 2.05) is 0 Å². The molecule has 0 fully saturated rings. The SMILES string of the molecule is CCCCCCCCCCCCCCCCCCCCCCCCC(=O)O[C@H](COC(=O)CCCCCCCCCCCCC)COP(=O)(O)O. The largest absolute Gasteiger partial charge is 0.469 e. The summed E-state index contributed by atoms with van der Waals surface area (Å²) in [5.74, 6) is -0.869. The monoisotopic (exact) mass is 747 g/mol. The van der Waals surface area contributed by atoms with E-state index in [1.54, 1.807) is 0 Å². The van der Waals surface area contributed by atoms with Gasteiger partial charge < -0.3 is 19.3 Å². The Morgan fingerprint density at radius 3 is 1.00 bits per heavy atom. The Balaban J connectivity index is 3.78. The van der Waals surface area contributed by atoms with E-state index in [1.165, 1.54) is 173 Å². The Bertz CT molecular complexity index is 802. The average Bonchev–Trinajstić information content (AvgIpc) is 3.10. The highest BCUT2D eigenvalue weighted by Crippen LogP contribution is 2.36. The lowest BCUT2D eigenvalue weighted by atomic mass is 10.0. The summed E-state index contributed by atoms with van der Waals surface area (Å²) in [5, 5.41) is 0. The van der Waals surface area contributed by atoms with E-state index >= 15 is 0 Å². The molecule has 0 aromatic carbocycles. The van der Waals surface area contributed by atoms with Gasteiger partial charge in [-0.25, -0.2) is 4.57 Å². The molecule has 9 heteroatoms. The summed E-state index contributed by atoms with van der Waals surface area (Å²) < 4.78 is 26.4. The third kappa shape index (κ3) is 41.7. The smallest absolute Gasteiger partial charge is 0.462 e. The quantitative estimate of drug-likeness (QED) is 0.0360. The van der Waals surface area contributed by atoms with Gasteiger partial charge in [-0.3, -0.25) is 14.1 Å². The lowest BCUT2D eigenvalue weighted by Crippen LogP contribution is -2.29. The van der Waals surface area contributed by atoms with E-state index in [-0.39, 0.29) is 19.4 Å². The van der Waals surface area contributed by atoms with Crippen LogP contribution in [0.3, 0.4) is 0 Å². The number of carbonyl (C=O) groups is 2. The highest BCUT2D eigenvalue weighted by molar-refractivity contribution is 7.46. The van der Waals surface area contributed by atoms with Crippen molar-refractivity contribution >= 4 is 19.8 Å². The molecule has 304 valence electrons. The molecule has 51 heavy (non-hydrogen) atoms. The van der Waals surface area contributed by atoms with Crippen molar-refractivity contribution in [2.45, 2.75) is 245 Å². The van der Waals surface area contributed by atoms with E-state index in [9.17, 15) is 14.2 Å². The number of phosphoric acid groups is 1. The number of rotatable bonds is 41. The topological polar surface area (TPSA) is 119 Å². The molecule has 0 aliphatic rings. The van der Waals surface area contributed by atoms with Crippen LogP contribution in [0.5, 0.6) is 0 Å². The van der Waals surface area contributed by atoms with Crippen LogP contribution in [0.2, 0.25) is 0 Å². The van der Waals surface area contributed by atoms with Gasteiger partial charge in [0.15, 0.2) is 6.10 Å². The molecular weight excluding hydrogens is 663 g/mol. The Hall–Kier alpha value is -0.950. The minimum absolute atomic E-state index is 0.220. The van der Waals surface area contributed by atoms with Crippen LogP contribution in [0.1, 0.15) is 239 Å². The van der Waals surface area contributed by atoms with E-state index < -0.39 is 32.5 Å². The standard InChI is InChI=1S/C42H83O8P/c1-3-5-7-9-11-13-15-16-17-18-19-20-21-22-23-24-25-27-29-31-33-35-37-42(44)50-40(39-49-51(45,46)47)38-48-41(43)36-34-32-30-28-26-14-12-10-8-6-4-2/h40H,3-39H2,1-2H3,(H2,45,46,47)/t40-/m1/s1. The fourth-order valence-corrected chi connectivity index (χ4v) is 6.97. The van der Waals surface area contributed by atoms with Crippen molar-refractivity contribution in [3.05, 3.63) is 0 Å². The van der Waals surface area contributed by atoms with Gasteiger partial charge in [0.05, 0.1) is 6.61 Å². The second kappa shape index (κ2) is 38.8. The van der Waals surface area contributed by atoms with Crippen LogP contribution >= 0.6 is 7.82 Å². The molecule has 0 spiro atoms. The minimum Gasteiger partial charge on any atom is -0.462 e. The molecule has 0 aromatic rings. The van der Waals surface area contributed by atoms with Gasteiger partial charge in [0.25, 0.3) is 0 Å². The molecular formula is C42H83O8P. The molecule has 0 saturated carbocycles. The van der Waals surface area contributed by atoms with Crippen LogP contribution < -0.4 is 0 Å². The Morgan fingerprint density at radius 1 is 0.431 bits per heavy atom. The molecule has 0 aliphatic heterocycles. The Morgan fingerprint density at radius 2 is 0.706 bits per heavy atom. The van der Waals surface area contributed by atoms with Crippen molar-refractivity contribution in [2.75, 3.05) is 13.2 Å². The van der Waals surface area contributed by atoms with Crippen LogP contribution in [0, 0.1) is 0 Å². The molecule has 0 unspecified atom stereocenters. The molecule has 0 radical (unpaired) electrons. The molecule has 0 aliphatic carbocycles. The van der Waals surface area contributed by atoms with Crippen molar-refractivity contribution in [1.29, 1.82) is 0 Å². The summed E-state index contributed by atoms with van der Waals surface area (Å²) in [6.07, 6.45) is 41.2. The van der Waals surface area contributed by atoms with Gasteiger partial charge in [0.2, 0.25) is 0 Å². The molecule has 0 saturated heterocycles. The highest BCUT2D eigenvalue weighted by atomic mass is 31.2. The number of ether oxygens (including phenoxy) is 2. The fraction of sp³-hybridized carbons (Fsp3) is 0.952. The maximum atomic E-state index is 12.4. The van der Waals surface area contributed by atoms with Gasteiger partial charge in [-0.1, -0.05) is 213 Å². The number of phosphoric ester groups is 1. The first kappa shape index (κ1) is 50.1. The van der Waals surface area contributed by atoms with Crippen molar-refractivity contribution < 1.29 is 37.9 Å². The summed E-state index contributed by atoms with van der Waals surface area (Å²) in [6, 6.07) is 0. The fourth-order valence-electron chi connectivity index (χ4n) is 6.61. The van der Waals surface area contributed by atoms with Crippen LogP contribution in [0.25, 0.3) is 0 Å². The van der Waals surface area contributed by atoms with Crippen molar-refractivity contribution in [3.63, 3.8) is 0 Å². The van der Waals surface area contributed by atoms with Gasteiger partial charge in [0.1, 0.15) is 6.61 Å². The van der Waals surface area contributed by atoms with Gasteiger partial charge >= 0.3 is 19.8 Å². The first-order chi connectivity index (χ1) is 24.8. The second-order valence-electron chi connectivity index (χ2n) is 15.0. The van der Waals surface area contributed by atoms with Crippen molar-refractivity contribution in [1.82, 2.24) is 0 Å². The van der Waals surface area contributed by atoms with Gasteiger partial charge in [0, 0.05) is 12.8 Å². The van der Waals surface area contributed by atoms with E-state index in [4.69, 9.17) is 19.3 Å². The van der Waals surface area contributed by atoms with E-state index in [0.717, 1.165) is 32.1 Å². The second-order valence-corrected chi connectivity index (χ2v) is 16.3. The molecule has 8 nitrogen and oxygen atoms in total. The predicted octanol–water partition coefficient (Wildman–Crippen LogP) is 13.2. The molecule has 0 amide bonds. The lowest BCUT2D eigenvalue weighted by Gasteiger charge is -2.18. The van der Waals surface area contributed by atoms with Gasteiger partial charge in [-0.05, 0) is 12.8 Å². The van der Waals surface area contributed by atoms with Crippen LogP contribution in [0.4, 0.5) is 0 Å². The normalized spacial score (nSPS) is 12.3. The summed E-state index contributed by atoms with van der Waals surface area (Å²) in [6.45, 7) is 3.71. The number of carbonyl (C=O) groups excluding carboxylic acids is 2. The van der Waals surface area contributed by atoms with E-state index in [2.05, 4.69) is 18.4 Å². The number of hydrogen-bond donors (Lipinski definition) is 2. The molecule has 0 rings (SSSR count). The lowest BCUT2D eigenvalue weighted by molar-refractivity contribution is -0.161. The predicted molar refractivity (Wildman–Crippen MR) is 212 cm³/mol. The summed E-state index contributed by atoms with van der Waals surface area (Å²) in [7, 11) is -4.74. The molecule has 0 bridgehead atoms. The van der Waals surface area contributed by atoms with Crippen molar-refractivity contribution in [3.8, 4) is 0 Å². The maximum Gasteiger partial charge on any atom is 0.469 e. The molecule has 2 N–H and O–H groups in total. The number of hydrogen-bond acceptors (Lipinski definition) is 6. The first-order valence-electron chi connectivity index (χ1n) is 21.8. The number of esters is 2. The van der Waals surface area contributed by atoms with Gasteiger partial charge in [-0.2, -0.15) is 0 Å². The van der Waals surface area contributed by atoms with Gasteiger partial charge in [-0.15, -0.1) is 0 Å². The Kier molecular flexibility index (Phi) is 38.0. The third-order valence-electron chi connectivity index (χ3n) is 9.88. The summed E-state index contributed by atoms with van der Waals surface area (Å²) >= 11 is 0. The minimum atomic E-state index is -4.74. The molecule has 0 heterocycles. The van der Waals surface area contributed by atoms with Crippen molar-refractivity contribution in [2.24, 2.45) is 0 Å². The molecule has 0 aromatic heterocycles. The van der Waals surface area contributed by atoms with E-state index in [0.29, 0.717) is 6.42 Å². The highest BCUT2D eigenvalue weighted by Gasteiger charge is 2.23. The summed E-state index contributed by atoms with van der Waals surface area (Å²) in [5.41, 5.74) is 0. The zero-order chi connectivity index (χ0) is 37.5. The maximum absolute atomic E-state index is 12.4. The summed E-state index contributed by atoms with van der Waals surface area (Å²) in [4.78, 5) is 42.8. The molecule has 1 atom stereocenters. The average molecular weight is 747 g/mol. The third-order valence-corrected chi connectivity index (χ3v) is 10.4. The van der Waals surface area contributed by atoms with Crippen LogP contribution in [-0.2, 0) is 28.2 Å². The zero-order valence-electron chi connectivity index (χ0n) is 33.5. The van der Waals surface area contributed by atoms with Crippen LogP contribution in [-0.4, -0.2) is 41.0 Å². The first-order valence-corrected chi connectivity index (χ1v) is 23.4.